The molecule has 0 spiro atoms. The van der Waals surface area contributed by atoms with Crippen molar-refractivity contribution in [3.63, 3.8) is 0 Å². The number of rotatable bonds is 6. The zero-order chi connectivity index (χ0) is 20.3. The second-order valence-corrected chi connectivity index (χ2v) is 7.87. The van der Waals surface area contributed by atoms with Gasteiger partial charge in [-0.2, -0.15) is 5.10 Å². The fourth-order valence-electron chi connectivity index (χ4n) is 2.48. The molecule has 0 bridgehead atoms. The van der Waals surface area contributed by atoms with E-state index >= 15 is 0 Å². The number of benzene rings is 2. The maximum atomic E-state index is 12.4. The molecule has 2 aromatic carbocycles. The molecule has 0 radical (unpaired) electrons. The molecular weight excluding hydrogens is 406 g/mol. The summed E-state index contributed by atoms with van der Waals surface area (Å²) in [4.78, 5) is 12.2. The van der Waals surface area contributed by atoms with E-state index in [1.54, 1.807) is 29.2 Å². The molecule has 0 saturated heterocycles. The van der Waals surface area contributed by atoms with Crippen LogP contribution in [-0.4, -0.2) is 36.3 Å². The van der Waals surface area contributed by atoms with Gasteiger partial charge in [-0.3, -0.25) is 9.48 Å². The summed E-state index contributed by atoms with van der Waals surface area (Å²) in [7, 11) is -2.71. The molecule has 0 atom stereocenters. The lowest BCUT2D eigenvalue weighted by atomic mass is 10.1. The third-order valence-corrected chi connectivity index (χ3v) is 5.53. The summed E-state index contributed by atoms with van der Waals surface area (Å²) in [5.41, 5.74) is 0.880. The Hall–Kier alpha value is -3.04. The van der Waals surface area contributed by atoms with E-state index in [9.17, 15) is 18.3 Å². The van der Waals surface area contributed by atoms with Gasteiger partial charge < -0.3 is 9.84 Å². The second-order valence-electron chi connectivity index (χ2n) is 5.78. The fourth-order valence-corrected chi connectivity index (χ4v) is 3.72. The van der Waals surface area contributed by atoms with Crippen LogP contribution in [0.25, 0.3) is 0 Å². The van der Waals surface area contributed by atoms with Gasteiger partial charge in [0.25, 0.3) is 15.9 Å². The standard InChI is InChI=1S/C18H16ClN3O5S/c1-27-17-9-12(3-4-13(17)11-22-8-2-7-20-22)18(24)21-28(25,26)14-5-6-16(23)15(19)10-14/h2-10,23H,11H2,1H3,(H,21,24). The third-order valence-electron chi connectivity index (χ3n) is 3.90. The normalized spacial score (nSPS) is 11.2. The van der Waals surface area contributed by atoms with E-state index in [4.69, 9.17) is 16.3 Å². The van der Waals surface area contributed by atoms with Gasteiger partial charge in [0.2, 0.25) is 0 Å². The molecule has 3 aromatic rings. The fraction of sp³-hybridized carbons (Fsp3) is 0.111. The van der Waals surface area contributed by atoms with Crippen molar-refractivity contribution in [1.29, 1.82) is 0 Å². The highest BCUT2D eigenvalue weighted by atomic mass is 35.5. The summed E-state index contributed by atoms with van der Waals surface area (Å²) < 4.78 is 33.8. The van der Waals surface area contributed by atoms with Crippen LogP contribution in [0.15, 0.2) is 59.8 Å². The number of nitrogens with zero attached hydrogens (tertiary/aromatic N) is 2. The van der Waals surface area contributed by atoms with Crippen LogP contribution in [-0.2, 0) is 16.6 Å². The van der Waals surface area contributed by atoms with Crippen LogP contribution < -0.4 is 9.46 Å². The number of ether oxygens (including phenoxy) is 1. The number of phenolic OH excluding ortho intramolecular Hbond substituents is 1. The van der Waals surface area contributed by atoms with Crippen molar-refractivity contribution < 1.29 is 23.1 Å². The predicted molar refractivity (Wildman–Crippen MR) is 102 cm³/mol. The minimum absolute atomic E-state index is 0.106. The minimum atomic E-state index is -4.17. The highest BCUT2D eigenvalue weighted by Crippen LogP contribution is 2.26. The Morgan fingerprint density at radius 1 is 1.29 bits per heavy atom. The topological polar surface area (TPSA) is 111 Å². The van der Waals surface area contributed by atoms with Gasteiger partial charge in [-0.25, -0.2) is 13.1 Å². The van der Waals surface area contributed by atoms with E-state index in [0.29, 0.717) is 12.3 Å². The van der Waals surface area contributed by atoms with Gasteiger partial charge in [0.15, 0.2) is 0 Å². The van der Waals surface area contributed by atoms with Crippen LogP contribution in [0.2, 0.25) is 5.02 Å². The number of carbonyl (C=O) groups is 1. The third kappa shape index (κ3) is 4.26. The number of hydrogen-bond acceptors (Lipinski definition) is 6. The average Bonchev–Trinajstić information content (AvgIpc) is 3.16. The van der Waals surface area contributed by atoms with Gasteiger partial charge in [0.05, 0.1) is 23.6 Å². The zero-order valence-corrected chi connectivity index (χ0v) is 16.2. The number of phenols is 1. The minimum Gasteiger partial charge on any atom is -0.506 e. The summed E-state index contributed by atoms with van der Waals surface area (Å²) in [5, 5.41) is 13.4. The molecule has 0 aliphatic rings. The van der Waals surface area contributed by atoms with E-state index in [1.807, 2.05) is 4.72 Å². The van der Waals surface area contributed by atoms with Crippen LogP contribution in [0.5, 0.6) is 11.5 Å². The van der Waals surface area contributed by atoms with E-state index in [1.165, 1.54) is 19.2 Å². The van der Waals surface area contributed by atoms with Crippen molar-refractivity contribution in [2.75, 3.05) is 7.11 Å². The summed E-state index contributed by atoms with van der Waals surface area (Å²) in [6.45, 7) is 0.433. The number of aromatic hydroxyl groups is 1. The van der Waals surface area contributed by atoms with Crippen LogP contribution in [0, 0.1) is 0 Å². The highest BCUT2D eigenvalue weighted by Gasteiger charge is 2.21. The first-order chi connectivity index (χ1) is 13.3. The molecule has 2 N–H and O–H groups in total. The van der Waals surface area contributed by atoms with Crippen molar-refractivity contribution >= 4 is 27.5 Å². The van der Waals surface area contributed by atoms with E-state index in [2.05, 4.69) is 5.10 Å². The SMILES string of the molecule is COc1cc(C(=O)NS(=O)(=O)c2ccc(O)c(Cl)c2)ccc1Cn1cccn1. The van der Waals surface area contributed by atoms with Gasteiger partial charge in [-0.15, -0.1) is 0 Å². The maximum absolute atomic E-state index is 12.4. The molecule has 0 aliphatic carbocycles. The van der Waals surface area contributed by atoms with Gasteiger partial charge >= 0.3 is 0 Å². The summed E-state index contributed by atoms with van der Waals surface area (Å²) in [6.07, 6.45) is 3.43. The quantitative estimate of drug-likeness (QED) is 0.632. The number of sulfonamides is 1. The van der Waals surface area contributed by atoms with E-state index < -0.39 is 15.9 Å². The van der Waals surface area contributed by atoms with E-state index in [-0.39, 0.29) is 21.2 Å². The summed E-state index contributed by atoms with van der Waals surface area (Å²) >= 11 is 5.74. The number of hydrogen-bond donors (Lipinski definition) is 2. The molecule has 3 rings (SSSR count). The average molecular weight is 422 g/mol. The number of nitrogens with one attached hydrogen (secondary N) is 1. The smallest absolute Gasteiger partial charge is 0.265 e. The molecular formula is C18H16ClN3O5S. The maximum Gasteiger partial charge on any atom is 0.265 e. The predicted octanol–water partition coefficient (Wildman–Crippen LogP) is 2.42. The molecule has 0 fully saturated rings. The molecule has 0 aliphatic heterocycles. The second kappa shape index (κ2) is 7.91. The first kappa shape index (κ1) is 19.7. The molecule has 10 heteroatoms. The highest BCUT2D eigenvalue weighted by molar-refractivity contribution is 7.90. The molecule has 0 unspecified atom stereocenters. The van der Waals surface area contributed by atoms with Crippen molar-refractivity contribution in [1.82, 2.24) is 14.5 Å². The number of carbonyl (C=O) groups excluding carboxylic acids is 1. The molecule has 1 amide bonds. The van der Waals surface area contributed by atoms with Crippen LogP contribution in [0.4, 0.5) is 0 Å². The van der Waals surface area contributed by atoms with Gasteiger partial charge in [-0.05, 0) is 36.4 Å². The number of amides is 1. The Kier molecular flexibility index (Phi) is 5.57. The lowest BCUT2D eigenvalue weighted by Crippen LogP contribution is -2.30. The first-order valence-electron chi connectivity index (χ1n) is 8.00. The lowest BCUT2D eigenvalue weighted by molar-refractivity contribution is 0.0981. The van der Waals surface area contributed by atoms with E-state index in [0.717, 1.165) is 23.8 Å². The molecule has 8 nitrogen and oxygen atoms in total. The van der Waals surface area contributed by atoms with Crippen molar-refractivity contribution in [2.45, 2.75) is 11.4 Å². The monoisotopic (exact) mass is 421 g/mol. The van der Waals surface area contributed by atoms with Gasteiger partial charge in [-0.1, -0.05) is 17.7 Å². The molecule has 146 valence electrons. The van der Waals surface area contributed by atoms with Crippen LogP contribution in [0.1, 0.15) is 15.9 Å². The Balaban J connectivity index is 1.82. The molecule has 0 saturated carbocycles. The van der Waals surface area contributed by atoms with Gasteiger partial charge in [0.1, 0.15) is 11.5 Å². The summed E-state index contributed by atoms with van der Waals surface area (Å²) in [5.74, 6) is -0.661. The Labute approximate surface area is 166 Å². The molecule has 1 heterocycles. The van der Waals surface area contributed by atoms with Crippen molar-refractivity contribution in [2.24, 2.45) is 0 Å². The zero-order valence-electron chi connectivity index (χ0n) is 14.7. The van der Waals surface area contributed by atoms with Gasteiger partial charge in [0, 0.05) is 23.5 Å². The first-order valence-corrected chi connectivity index (χ1v) is 9.86. The lowest BCUT2D eigenvalue weighted by Gasteiger charge is -2.12. The molecule has 1 aromatic heterocycles. The number of halogens is 1. The number of methoxy groups -OCH3 is 1. The Morgan fingerprint density at radius 3 is 2.71 bits per heavy atom. The Morgan fingerprint density at radius 2 is 2.07 bits per heavy atom. The van der Waals surface area contributed by atoms with Crippen molar-refractivity contribution in [3.05, 3.63) is 71.0 Å². The van der Waals surface area contributed by atoms with Crippen molar-refractivity contribution in [3.8, 4) is 11.5 Å². The summed E-state index contributed by atoms with van der Waals surface area (Å²) in [6, 6.07) is 9.73. The largest absolute Gasteiger partial charge is 0.506 e. The van der Waals surface area contributed by atoms with Crippen LogP contribution >= 0.6 is 11.6 Å². The molecule has 28 heavy (non-hydrogen) atoms. The Bertz CT molecular complexity index is 1110. The van der Waals surface area contributed by atoms with Crippen LogP contribution in [0.3, 0.4) is 0 Å². The number of aromatic nitrogens is 2.